The number of benzene rings is 2. The number of alkyl halides is 1. The van der Waals surface area contributed by atoms with Crippen molar-refractivity contribution in [2.45, 2.75) is 15.7 Å². The molecule has 0 bridgehead atoms. The van der Waals surface area contributed by atoms with Crippen LogP contribution >= 0.6 is 23.4 Å². The number of halogens is 1. The topological polar surface area (TPSA) is 9.23 Å². The van der Waals surface area contributed by atoms with E-state index in [-0.39, 0.29) is 0 Å². The average Bonchev–Trinajstić information content (AvgIpc) is 2.40. The maximum absolute atomic E-state index is 5.93. The molecule has 0 fully saturated rings. The van der Waals surface area contributed by atoms with Gasteiger partial charge in [-0.2, -0.15) is 0 Å². The predicted octanol–water partition coefficient (Wildman–Crippen LogP) is 4.59. The smallest absolute Gasteiger partial charge is 0.132 e. The standard InChI is InChI=1S/C14H13ClOS/c1-16-12-7-3-5-9-14(12)17-13-8-4-2-6-11(13)10-15/h2-9H,10H2,1H3. The largest absolute Gasteiger partial charge is 0.496 e. The number of ether oxygens (including phenoxy) is 1. The van der Waals surface area contributed by atoms with Gasteiger partial charge < -0.3 is 4.74 Å². The van der Waals surface area contributed by atoms with Gasteiger partial charge in [-0.15, -0.1) is 11.6 Å². The van der Waals surface area contributed by atoms with Gasteiger partial charge in [0.15, 0.2) is 0 Å². The lowest BCUT2D eigenvalue weighted by Crippen LogP contribution is -1.87. The Balaban J connectivity index is 2.31. The Morgan fingerprint density at radius 3 is 2.35 bits per heavy atom. The summed E-state index contributed by atoms with van der Waals surface area (Å²) in [6.07, 6.45) is 0. The Kier molecular flexibility index (Phi) is 4.35. The van der Waals surface area contributed by atoms with E-state index in [1.54, 1.807) is 18.9 Å². The van der Waals surface area contributed by atoms with E-state index in [1.165, 1.54) is 4.90 Å². The normalized spacial score (nSPS) is 10.2. The van der Waals surface area contributed by atoms with Crippen LogP contribution in [0.15, 0.2) is 58.3 Å². The SMILES string of the molecule is COc1ccccc1Sc1ccccc1CCl. The summed E-state index contributed by atoms with van der Waals surface area (Å²) in [5.41, 5.74) is 1.14. The second kappa shape index (κ2) is 5.99. The van der Waals surface area contributed by atoms with Gasteiger partial charge >= 0.3 is 0 Å². The van der Waals surface area contributed by atoms with Crippen LogP contribution in [0.1, 0.15) is 5.56 Å². The molecule has 2 rings (SSSR count). The quantitative estimate of drug-likeness (QED) is 0.748. The van der Waals surface area contributed by atoms with Gasteiger partial charge in [0.2, 0.25) is 0 Å². The van der Waals surface area contributed by atoms with Crippen LogP contribution in [0.3, 0.4) is 0 Å². The lowest BCUT2D eigenvalue weighted by molar-refractivity contribution is 0.405. The fourth-order valence-corrected chi connectivity index (χ4v) is 2.90. The lowest BCUT2D eigenvalue weighted by Gasteiger charge is -2.09. The molecule has 0 N–H and O–H groups in total. The third-order valence-corrected chi connectivity index (χ3v) is 3.87. The minimum absolute atomic E-state index is 0.526. The molecule has 0 aliphatic carbocycles. The van der Waals surface area contributed by atoms with Gasteiger partial charge in [0.05, 0.1) is 12.0 Å². The first kappa shape index (κ1) is 12.3. The van der Waals surface area contributed by atoms with Crippen LogP contribution in [0.25, 0.3) is 0 Å². The Labute approximate surface area is 111 Å². The molecule has 0 unspecified atom stereocenters. The fraction of sp³-hybridized carbons (Fsp3) is 0.143. The van der Waals surface area contributed by atoms with Crippen LogP contribution in [0.2, 0.25) is 0 Å². The Morgan fingerprint density at radius 2 is 1.65 bits per heavy atom. The fourth-order valence-electron chi connectivity index (χ4n) is 1.54. The molecular formula is C14H13ClOS. The Morgan fingerprint density at radius 1 is 1.00 bits per heavy atom. The number of hydrogen-bond acceptors (Lipinski definition) is 2. The van der Waals surface area contributed by atoms with E-state index >= 15 is 0 Å². The van der Waals surface area contributed by atoms with Crippen LogP contribution < -0.4 is 4.74 Å². The van der Waals surface area contributed by atoms with E-state index in [9.17, 15) is 0 Å². The third-order valence-electron chi connectivity index (χ3n) is 2.41. The van der Waals surface area contributed by atoms with Crippen molar-refractivity contribution in [1.29, 1.82) is 0 Å². The second-order valence-corrected chi connectivity index (χ2v) is 4.85. The van der Waals surface area contributed by atoms with Gasteiger partial charge in [-0.25, -0.2) is 0 Å². The van der Waals surface area contributed by atoms with Crippen molar-refractivity contribution >= 4 is 23.4 Å². The van der Waals surface area contributed by atoms with Gasteiger partial charge in [-0.05, 0) is 23.8 Å². The van der Waals surface area contributed by atoms with Crippen LogP contribution in [0.5, 0.6) is 5.75 Å². The van der Waals surface area contributed by atoms with Crippen LogP contribution in [-0.2, 0) is 5.88 Å². The zero-order chi connectivity index (χ0) is 12.1. The highest BCUT2D eigenvalue weighted by atomic mass is 35.5. The van der Waals surface area contributed by atoms with Crippen molar-refractivity contribution in [3.8, 4) is 5.75 Å². The minimum atomic E-state index is 0.526. The van der Waals surface area contributed by atoms with E-state index in [4.69, 9.17) is 16.3 Å². The molecule has 0 amide bonds. The van der Waals surface area contributed by atoms with Gasteiger partial charge in [-0.3, -0.25) is 0 Å². The molecule has 0 heterocycles. The zero-order valence-electron chi connectivity index (χ0n) is 9.52. The van der Waals surface area contributed by atoms with Crippen LogP contribution in [0, 0.1) is 0 Å². The van der Waals surface area contributed by atoms with E-state index in [0.29, 0.717) is 5.88 Å². The van der Waals surface area contributed by atoms with Gasteiger partial charge in [-0.1, -0.05) is 42.1 Å². The van der Waals surface area contributed by atoms with E-state index < -0.39 is 0 Å². The molecule has 2 aromatic carbocycles. The number of para-hydroxylation sites is 1. The molecule has 17 heavy (non-hydrogen) atoms. The van der Waals surface area contributed by atoms with E-state index in [0.717, 1.165) is 16.2 Å². The first-order valence-corrected chi connectivity index (χ1v) is 6.65. The van der Waals surface area contributed by atoms with Crippen molar-refractivity contribution in [2.24, 2.45) is 0 Å². The number of hydrogen-bond donors (Lipinski definition) is 0. The van der Waals surface area contributed by atoms with Crippen molar-refractivity contribution in [3.63, 3.8) is 0 Å². The van der Waals surface area contributed by atoms with E-state index in [1.807, 2.05) is 36.4 Å². The molecule has 0 aliphatic heterocycles. The summed E-state index contributed by atoms with van der Waals surface area (Å²) in [6, 6.07) is 16.1. The first-order chi connectivity index (χ1) is 8.35. The summed E-state index contributed by atoms with van der Waals surface area (Å²) in [5, 5.41) is 0. The summed E-state index contributed by atoms with van der Waals surface area (Å²) in [5.74, 6) is 1.42. The van der Waals surface area contributed by atoms with Crippen molar-refractivity contribution in [1.82, 2.24) is 0 Å². The summed E-state index contributed by atoms with van der Waals surface area (Å²) in [6.45, 7) is 0. The third kappa shape index (κ3) is 2.96. The van der Waals surface area contributed by atoms with Crippen LogP contribution in [0.4, 0.5) is 0 Å². The van der Waals surface area contributed by atoms with Crippen molar-refractivity contribution in [2.75, 3.05) is 7.11 Å². The first-order valence-electron chi connectivity index (χ1n) is 5.30. The summed E-state index contributed by atoms with van der Waals surface area (Å²) in [7, 11) is 1.69. The van der Waals surface area contributed by atoms with Crippen LogP contribution in [-0.4, -0.2) is 7.11 Å². The maximum Gasteiger partial charge on any atom is 0.132 e. The Bertz CT molecular complexity index is 454. The highest BCUT2D eigenvalue weighted by Gasteiger charge is 2.06. The van der Waals surface area contributed by atoms with E-state index in [2.05, 4.69) is 12.1 Å². The maximum atomic E-state index is 5.93. The molecule has 3 heteroatoms. The Hall–Kier alpha value is -1.12. The molecule has 1 nitrogen and oxygen atoms in total. The molecule has 0 aliphatic rings. The highest BCUT2D eigenvalue weighted by Crippen LogP contribution is 2.36. The van der Waals surface area contributed by atoms with Crippen molar-refractivity contribution < 1.29 is 4.74 Å². The molecule has 0 saturated heterocycles. The summed E-state index contributed by atoms with van der Waals surface area (Å²) in [4.78, 5) is 2.28. The molecular weight excluding hydrogens is 252 g/mol. The minimum Gasteiger partial charge on any atom is -0.496 e. The van der Waals surface area contributed by atoms with Gasteiger partial charge in [0.25, 0.3) is 0 Å². The molecule has 0 aromatic heterocycles. The molecule has 0 atom stereocenters. The molecule has 0 spiro atoms. The summed E-state index contributed by atoms with van der Waals surface area (Å²) >= 11 is 7.61. The molecule has 0 radical (unpaired) electrons. The monoisotopic (exact) mass is 264 g/mol. The molecule has 2 aromatic rings. The number of rotatable bonds is 4. The second-order valence-electron chi connectivity index (χ2n) is 3.49. The lowest BCUT2D eigenvalue weighted by atomic mass is 10.2. The molecule has 88 valence electrons. The number of methoxy groups -OCH3 is 1. The van der Waals surface area contributed by atoms with Crippen molar-refractivity contribution in [3.05, 3.63) is 54.1 Å². The van der Waals surface area contributed by atoms with Gasteiger partial charge in [0, 0.05) is 10.8 Å². The average molecular weight is 265 g/mol. The predicted molar refractivity (Wildman–Crippen MR) is 73.1 cm³/mol. The molecule has 0 saturated carbocycles. The summed E-state index contributed by atoms with van der Waals surface area (Å²) < 4.78 is 5.34. The zero-order valence-corrected chi connectivity index (χ0v) is 11.1. The van der Waals surface area contributed by atoms with Gasteiger partial charge in [0.1, 0.15) is 5.75 Å². The highest BCUT2D eigenvalue weighted by molar-refractivity contribution is 7.99.